The number of ether oxygens (including phenoxy) is 1. The number of nitrogens with one attached hydrogen (secondary N) is 1. The molecular weight excluding hydrogens is 462 g/mol. The number of thiazole rings is 1. The van der Waals surface area contributed by atoms with Gasteiger partial charge in [0.2, 0.25) is 0 Å². The molecule has 8 heteroatoms. The minimum Gasteiger partial charge on any atom is -0.491 e. The van der Waals surface area contributed by atoms with E-state index in [1.54, 1.807) is 11.3 Å². The van der Waals surface area contributed by atoms with Crippen molar-refractivity contribution in [1.82, 2.24) is 19.9 Å². The maximum atomic E-state index is 5.88. The highest BCUT2D eigenvalue weighted by Gasteiger charge is 2.42. The van der Waals surface area contributed by atoms with Crippen LogP contribution in [0.5, 0.6) is 5.75 Å². The van der Waals surface area contributed by atoms with Crippen LogP contribution in [0.1, 0.15) is 48.6 Å². The SMILES string of the molecule is Cc1cc([C@@H]2[C@H](c3ccccn3)NC(=S)N2c2ccc(OC(C)C)cc2)c(C)n1-c1nccs1. The molecule has 3 aromatic heterocycles. The summed E-state index contributed by atoms with van der Waals surface area (Å²) >= 11 is 7.51. The van der Waals surface area contributed by atoms with Gasteiger partial charge in [-0.15, -0.1) is 11.3 Å². The Balaban J connectivity index is 1.62. The van der Waals surface area contributed by atoms with Crippen LogP contribution in [0, 0.1) is 13.8 Å². The molecule has 0 saturated carbocycles. The Bertz CT molecular complexity index is 1280. The average Bonchev–Trinajstić information content (AvgIpc) is 3.52. The van der Waals surface area contributed by atoms with Gasteiger partial charge in [0.25, 0.3) is 0 Å². The van der Waals surface area contributed by atoms with E-state index >= 15 is 0 Å². The smallest absolute Gasteiger partial charge is 0.193 e. The van der Waals surface area contributed by atoms with E-state index < -0.39 is 0 Å². The summed E-state index contributed by atoms with van der Waals surface area (Å²) in [5.41, 5.74) is 5.45. The Morgan fingerprint density at radius 2 is 1.85 bits per heavy atom. The number of rotatable bonds is 6. The number of benzene rings is 1. The molecule has 174 valence electrons. The number of aryl methyl sites for hydroxylation is 1. The third-order valence-corrected chi connectivity index (χ3v) is 7.06. The van der Waals surface area contributed by atoms with Gasteiger partial charge < -0.3 is 15.0 Å². The van der Waals surface area contributed by atoms with Gasteiger partial charge in [0.15, 0.2) is 10.2 Å². The molecule has 1 aromatic carbocycles. The fourth-order valence-electron chi connectivity index (χ4n) is 4.61. The maximum absolute atomic E-state index is 5.88. The lowest BCUT2D eigenvalue weighted by molar-refractivity contribution is 0.242. The summed E-state index contributed by atoms with van der Waals surface area (Å²) < 4.78 is 8.07. The van der Waals surface area contributed by atoms with Crippen LogP contribution in [-0.4, -0.2) is 25.8 Å². The van der Waals surface area contributed by atoms with Crippen LogP contribution in [-0.2, 0) is 0 Å². The number of hydrogen-bond acceptors (Lipinski definition) is 5. The molecule has 4 heterocycles. The van der Waals surface area contributed by atoms with E-state index in [0.29, 0.717) is 5.11 Å². The van der Waals surface area contributed by atoms with Crippen molar-refractivity contribution >= 4 is 34.4 Å². The second-order valence-electron chi connectivity index (χ2n) is 8.63. The fourth-order valence-corrected chi connectivity index (χ4v) is 5.71. The first-order chi connectivity index (χ1) is 16.4. The highest BCUT2D eigenvalue weighted by atomic mass is 32.1. The third kappa shape index (κ3) is 4.08. The van der Waals surface area contributed by atoms with E-state index in [0.717, 1.165) is 33.7 Å². The number of aromatic nitrogens is 3. The molecule has 1 fully saturated rings. The zero-order valence-corrected chi connectivity index (χ0v) is 21.2. The van der Waals surface area contributed by atoms with Gasteiger partial charge >= 0.3 is 0 Å². The van der Waals surface area contributed by atoms with E-state index in [1.165, 1.54) is 5.56 Å². The number of thiocarbonyl (C=S) groups is 1. The second-order valence-corrected chi connectivity index (χ2v) is 9.89. The van der Waals surface area contributed by atoms with Gasteiger partial charge in [0.1, 0.15) is 5.75 Å². The quantitative estimate of drug-likeness (QED) is 0.340. The van der Waals surface area contributed by atoms with Crippen molar-refractivity contribution in [1.29, 1.82) is 0 Å². The summed E-state index contributed by atoms with van der Waals surface area (Å²) in [6.07, 6.45) is 3.79. The van der Waals surface area contributed by atoms with Crippen LogP contribution in [0.4, 0.5) is 5.69 Å². The Hall–Kier alpha value is -3.23. The molecule has 0 spiro atoms. The van der Waals surface area contributed by atoms with Crippen LogP contribution in [0.2, 0.25) is 0 Å². The molecule has 1 saturated heterocycles. The molecule has 0 bridgehead atoms. The predicted octanol–water partition coefficient (Wildman–Crippen LogP) is 5.91. The van der Waals surface area contributed by atoms with Gasteiger partial charge in [-0.05, 0) is 87.9 Å². The summed E-state index contributed by atoms with van der Waals surface area (Å²) in [6.45, 7) is 8.33. The first-order valence-corrected chi connectivity index (χ1v) is 12.6. The van der Waals surface area contributed by atoms with E-state index in [9.17, 15) is 0 Å². The minimum absolute atomic E-state index is 0.0702. The standard InChI is InChI=1S/C26H27N5OS2/c1-16(2)32-20-10-8-19(9-11-20)31-24(23(29-25(31)33)22-7-5-6-12-27-22)21-15-17(3)30(18(21)4)26-28-13-14-34-26/h5-16,23-24H,1-4H3,(H,29,33)/t23-,24+/m0/s1. The third-order valence-electron chi connectivity index (χ3n) is 5.98. The number of pyridine rings is 1. The lowest BCUT2D eigenvalue weighted by atomic mass is 9.96. The maximum Gasteiger partial charge on any atom is 0.193 e. The molecule has 2 atom stereocenters. The van der Waals surface area contributed by atoms with Crippen molar-refractivity contribution in [2.24, 2.45) is 0 Å². The largest absolute Gasteiger partial charge is 0.491 e. The second kappa shape index (κ2) is 9.19. The summed E-state index contributed by atoms with van der Waals surface area (Å²) in [7, 11) is 0. The van der Waals surface area contributed by atoms with Crippen molar-refractivity contribution in [2.45, 2.75) is 45.9 Å². The van der Waals surface area contributed by atoms with Crippen molar-refractivity contribution in [3.8, 4) is 10.9 Å². The van der Waals surface area contributed by atoms with Gasteiger partial charge in [-0.1, -0.05) is 6.07 Å². The van der Waals surface area contributed by atoms with Crippen LogP contribution in [0.3, 0.4) is 0 Å². The fraction of sp³-hybridized carbons (Fsp3) is 0.269. The van der Waals surface area contributed by atoms with Crippen LogP contribution >= 0.6 is 23.6 Å². The molecule has 0 radical (unpaired) electrons. The summed E-state index contributed by atoms with van der Waals surface area (Å²) in [5.74, 6) is 0.844. The summed E-state index contributed by atoms with van der Waals surface area (Å²) in [5, 5.41) is 7.19. The van der Waals surface area contributed by atoms with Crippen LogP contribution in [0.15, 0.2) is 66.3 Å². The minimum atomic E-state index is -0.0921. The lowest BCUT2D eigenvalue weighted by Gasteiger charge is -2.28. The molecule has 4 aromatic rings. The first-order valence-electron chi connectivity index (χ1n) is 11.3. The highest BCUT2D eigenvalue weighted by molar-refractivity contribution is 7.80. The Kier molecular flexibility index (Phi) is 6.10. The Morgan fingerprint density at radius 1 is 1.06 bits per heavy atom. The number of anilines is 1. The van der Waals surface area contributed by atoms with Gasteiger partial charge in [-0.25, -0.2) is 4.98 Å². The molecule has 1 aliphatic heterocycles. The molecule has 1 N–H and O–H groups in total. The first kappa shape index (κ1) is 22.6. The molecule has 0 aliphatic carbocycles. The van der Waals surface area contributed by atoms with Gasteiger partial charge in [0.05, 0.1) is 23.9 Å². The van der Waals surface area contributed by atoms with E-state index in [1.807, 2.05) is 55.9 Å². The van der Waals surface area contributed by atoms with Crippen molar-refractivity contribution in [2.75, 3.05) is 4.90 Å². The molecule has 0 amide bonds. The Morgan fingerprint density at radius 3 is 2.50 bits per heavy atom. The van der Waals surface area contributed by atoms with E-state index in [2.05, 4.69) is 62.9 Å². The topological polar surface area (TPSA) is 55.2 Å². The van der Waals surface area contributed by atoms with Crippen molar-refractivity contribution in [3.63, 3.8) is 0 Å². The number of nitrogens with zero attached hydrogens (tertiary/aromatic N) is 4. The van der Waals surface area contributed by atoms with Gasteiger partial charge in [-0.2, -0.15) is 0 Å². The normalized spacial score (nSPS) is 17.9. The van der Waals surface area contributed by atoms with Crippen molar-refractivity contribution < 1.29 is 4.74 Å². The molecule has 1 aliphatic rings. The highest BCUT2D eigenvalue weighted by Crippen LogP contribution is 2.44. The van der Waals surface area contributed by atoms with Crippen LogP contribution < -0.4 is 15.0 Å². The molecule has 6 nitrogen and oxygen atoms in total. The molecule has 0 unspecified atom stereocenters. The zero-order valence-electron chi connectivity index (χ0n) is 19.6. The Labute approximate surface area is 209 Å². The van der Waals surface area contributed by atoms with Crippen molar-refractivity contribution in [3.05, 3.63) is 88.9 Å². The van der Waals surface area contributed by atoms with E-state index in [-0.39, 0.29) is 18.2 Å². The van der Waals surface area contributed by atoms with Gasteiger partial charge in [-0.3, -0.25) is 9.55 Å². The lowest BCUT2D eigenvalue weighted by Crippen LogP contribution is -2.29. The molecule has 34 heavy (non-hydrogen) atoms. The zero-order chi connectivity index (χ0) is 23.8. The summed E-state index contributed by atoms with van der Waals surface area (Å²) in [4.78, 5) is 11.4. The van der Waals surface area contributed by atoms with E-state index in [4.69, 9.17) is 17.0 Å². The summed E-state index contributed by atoms with van der Waals surface area (Å²) in [6, 6.07) is 16.2. The average molecular weight is 490 g/mol. The van der Waals surface area contributed by atoms with Gasteiger partial charge in [0, 0.05) is 34.8 Å². The molecular formula is C26H27N5OS2. The number of hydrogen-bond donors (Lipinski definition) is 1. The molecule has 5 rings (SSSR count). The predicted molar refractivity (Wildman–Crippen MR) is 141 cm³/mol. The van der Waals surface area contributed by atoms with Crippen LogP contribution in [0.25, 0.3) is 5.13 Å². The monoisotopic (exact) mass is 489 g/mol.